The lowest BCUT2D eigenvalue weighted by Gasteiger charge is -2.17. The third kappa shape index (κ3) is 7.03. The zero-order chi connectivity index (χ0) is 23.1. The molecule has 0 spiro atoms. The Balaban J connectivity index is 1.84. The van der Waals surface area contributed by atoms with Crippen LogP contribution in [-0.2, 0) is 24.8 Å². The SMILES string of the molecule is CCOc1ccc(S(=O)(=O)N(C)CC(=O)NCCNS(=O)(=O)c2ccc(C)cc2)cc1. The fraction of sp³-hybridized carbons (Fsp3) is 0.350. The van der Waals surface area contributed by atoms with Gasteiger partial charge in [-0.15, -0.1) is 0 Å². The Morgan fingerprint density at radius 2 is 1.52 bits per heavy atom. The lowest BCUT2D eigenvalue weighted by atomic mass is 10.2. The van der Waals surface area contributed by atoms with Gasteiger partial charge in [-0.05, 0) is 50.2 Å². The van der Waals surface area contributed by atoms with Crippen molar-refractivity contribution in [2.45, 2.75) is 23.6 Å². The molecule has 2 rings (SSSR count). The highest BCUT2D eigenvalue weighted by Crippen LogP contribution is 2.18. The molecule has 0 saturated heterocycles. The van der Waals surface area contributed by atoms with E-state index in [1.807, 2.05) is 13.8 Å². The van der Waals surface area contributed by atoms with Crippen LogP contribution in [0.1, 0.15) is 12.5 Å². The highest BCUT2D eigenvalue weighted by atomic mass is 32.2. The average Bonchev–Trinajstić information content (AvgIpc) is 2.72. The number of rotatable bonds is 11. The molecule has 2 aromatic rings. The summed E-state index contributed by atoms with van der Waals surface area (Å²) in [6, 6.07) is 12.3. The van der Waals surface area contributed by atoms with Crippen molar-refractivity contribution >= 4 is 26.0 Å². The molecule has 0 unspecified atom stereocenters. The summed E-state index contributed by atoms with van der Waals surface area (Å²) < 4.78 is 58.2. The quantitative estimate of drug-likeness (QED) is 0.476. The number of benzene rings is 2. The van der Waals surface area contributed by atoms with Crippen molar-refractivity contribution in [1.82, 2.24) is 14.3 Å². The van der Waals surface area contributed by atoms with Crippen molar-refractivity contribution in [3.8, 4) is 5.75 Å². The van der Waals surface area contributed by atoms with E-state index in [1.165, 1.54) is 31.3 Å². The lowest BCUT2D eigenvalue weighted by Crippen LogP contribution is -2.41. The van der Waals surface area contributed by atoms with E-state index >= 15 is 0 Å². The van der Waals surface area contributed by atoms with E-state index in [9.17, 15) is 21.6 Å². The predicted octanol–water partition coefficient (Wildman–Crippen LogP) is 1.11. The van der Waals surface area contributed by atoms with Crippen LogP contribution in [0.2, 0.25) is 0 Å². The van der Waals surface area contributed by atoms with Crippen LogP contribution in [-0.4, -0.2) is 60.3 Å². The van der Waals surface area contributed by atoms with E-state index in [0.717, 1.165) is 9.87 Å². The summed E-state index contributed by atoms with van der Waals surface area (Å²) in [4.78, 5) is 12.3. The van der Waals surface area contributed by atoms with Crippen LogP contribution >= 0.6 is 0 Å². The van der Waals surface area contributed by atoms with Gasteiger partial charge >= 0.3 is 0 Å². The van der Waals surface area contributed by atoms with E-state index in [2.05, 4.69) is 10.0 Å². The molecule has 0 aliphatic carbocycles. The Kier molecular flexibility index (Phi) is 8.57. The zero-order valence-electron chi connectivity index (χ0n) is 17.7. The van der Waals surface area contributed by atoms with E-state index in [-0.39, 0.29) is 22.9 Å². The molecule has 0 heterocycles. The molecule has 2 aromatic carbocycles. The number of nitrogens with zero attached hydrogens (tertiary/aromatic N) is 1. The van der Waals surface area contributed by atoms with Gasteiger partial charge < -0.3 is 10.1 Å². The molecule has 2 N–H and O–H groups in total. The van der Waals surface area contributed by atoms with Crippen LogP contribution in [0.25, 0.3) is 0 Å². The summed E-state index contributed by atoms with van der Waals surface area (Å²) >= 11 is 0. The number of nitrogens with one attached hydrogen (secondary N) is 2. The number of sulfonamides is 2. The van der Waals surface area contributed by atoms with Gasteiger partial charge in [0.05, 0.1) is 22.9 Å². The molecule has 0 atom stereocenters. The standard InChI is InChI=1S/C20H27N3O6S2/c1-4-29-17-7-11-19(12-8-17)31(27,28)23(3)15-20(24)21-13-14-22-30(25,26)18-9-5-16(2)6-10-18/h5-12,22H,4,13-15H2,1-3H3,(H,21,24). The molecule has 0 fully saturated rings. The second-order valence-electron chi connectivity index (χ2n) is 6.73. The minimum absolute atomic E-state index is 0.0147. The second-order valence-corrected chi connectivity index (χ2v) is 10.5. The van der Waals surface area contributed by atoms with Gasteiger partial charge in [0, 0.05) is 20.1 Å². The zero-order valence-corrected chi connectivity index (χ0v) is 19.3. The normalized spacial score (nSPS) is 12.0. The number of aryl methyl sites for hydroxylation is 1. The Hall–Kier alpha value is -2.47. The topological polar surface area (TPSA) is 122 Å². The Labute approximate surface area is 183 Å². The van der Waals surface area contributed by atoms with Crippen molar-refractivity contribution in [2.75, 3.05) is 33.3 Å². The van der Waals surface area contributed by atoms with Crippen LogP contribution in [0.4, 0.5) is 0 Å². The Bertz CT molecular complexity index is 1080. The summed E-state index contributed by atoms with van der Waals surface area (Å²) in [5.41, 5.74) is 0.940. The molecule has 170 valence electrons. The number of ether oxygens (including phenoxy) is 1. The van der Waals surface area contributed by atoms with Gasteiger partial charge in [-0.25, -0.2) is 21.6 Å². The van der Waals surface area contributed by atoms with Gasteiger partial charge in [-0.3, -0.25) is 4.79 Å². The molecule has 9 nitrogen and oxygen atoms in total. The third-order valence-corrected chi connectivity index (χ3v) is 7.57. The predicted molar refractivity (Wildman–Crippen MR) is 117 cm³/mol. The number of hydrogen-bond acceptors (Lipinski definition) is 6. The van der Waals surface area contributed by atoms with E-state index in [1.54, 1.807) is 24.3 Å². The fourth-order valence-electron chi connectivity index (χ4n) is 2.59. The lowest BCUT2D eigenvalue weighted by molar-refractivity contribution is -0.121. The second kappa shape index (κ2) is 10.7. The van der Waals surface area contributed by atoms with Gasteiger partial charge in [0.25, 0.3) is 0 Å². The smallest absolute Gasteiger partial charge is 0.243 e. The molecule has 0 aromatic heterocycles. The van der Waals surface area contributed by atoms with Crippen molar-refractivity contribution in [3.05, 3.63) is 54.1 Å². The molecule has 0 saturated carbocycles. The Morgan fingerprint density at radius 1 is 0.935 bits per heavy atom. The van der Waals surface area contributed by atoms with Crippen molar-refractivity contribution in [1.29, 1.82) is 0 Å². The van der Waals surface area contributed by atoms with Crippen LogP contribution in [0.15, 0.2) is 58.3 Å². The van der Waals surface area contributed by atoms with E-state index in [0.29, 0.717) is 12.4 Å². The molecule has 11 heteroatoms. The first-order valence-electron chi connectivity index (χ1n) is 9.58. The maximum absolute atomic E-state index is 12.6. The summed E-state index contributed by atoms with van der Waals surface area (Å²) in [7, 11) is -6.24. The number of hydrogen-bond donors (Lipinski definition) is 2. The van der Waals surface area contributed by atoms with Gasteiger partial charge in [-0.2, -0.15) is 4.31 Å². The largest absolute Gasteiger partial charge is 0.494 e. The summed E-state index contributed by atoms with van der Waals surface area (Å²) in [6.45, 7) is 3.72. The van der Waals surface area contributed by atoms with Crippen LogP contribution in [0.3, 0.4) is 0 Å². The number of carbonyl (C=O) groups excluding carboxylic acids is 1. The highest BCUT2D eigenvalue weighted by Gasteiger charge is 2.23. The van der Waals surface area contributed by atoms with Crippen molar-refractivity contribution in [3.63, 3.8) is 0 Å². The van der Waals surface area contributed by atoms with Crippen LogP contribution in [0, 0.1) is 6.92 Å². The van der Waals surface area contributed by atoms with Gasteiger partial charge in [0.1, 0.15) is 5.75 Å². The molecule has 31 heavy (non-hydrogen) atoms. The molecule has 0 aliphatic heterocycles. The molecular weight excluding hydrogens is 442 g/mol. The van der Waals surface area contributed by atoms with E-state index in [4.69, 9.17) is 4.74 Å². The molecule has 0 aliphatic rings. The fourth-order valence-corrected chi connectivity index (χ4v) is 4.74. The van der Waals surface area contributed by atoms with E-state index < -0.39 is 32.5 Å². The Morgan fingerprint density at radius 3 is 2.10 bits per heavy atom. The van der Waals surface area contributed by atoms with Crippen LogP contribution in [0.5, 0.6) is 5.75 Å². The first kappa shape index (κ1) is 24.8. The monoisotopic (exact) mass is 469 g/mol. The minimum Gasteiger partial charge on any atom is -0.494 e. The summed E-state index contributed by atoms with van der Waals surface area (Å²) in [6.07, 6.45) is 0. The molecular formula is C20H27N3O6S2. The van der Waals surface area contributed by atoms with Crippen LogP contribution < -0.4 is 14.8 Å². The maximum Gasteiger partial charge on any atom is 0.243 e. The first-order valence-corrected chi connectivity index (χ1v) is 12.5. The number of likely N-dealkylation sites (N-methyl/N-ethyl adjacent to an activating group) is 1. The number of carbonyl (C=O) groups is 1. The van der Waals surface area contributed by atoms with Gasteiger partial charge in [0.15, 0.2) is 0 Å². The average molecular weight is 470 g/mol. The summed E-state index contributed by atoms with van der Waals surface area (Å²) in [5.74, 6) is 0.00137. The highest BCUT2D eigenvalue weighted by molar-refractivity contribution is 7.89. The molecule has 1 amide bonds. The molecule has 0 bridgehead atoms. The van der Waals surface area contributed by atoms with Gasteiger partial charge in [0.2, 0.25) is 26.0 Å². The third-order valence-electron chi connectivity index (χ3n) is 4.28. The summed E-state index contributed by atoms with van der Waals surface area (Å²) in [5, 5.41) is 2.50. The van der Waals surface area contributed by atoms with Crippen molar-refractivity contribution < 1.29 is 26.4 Å². The molecule has 0 radical (unpaired) electrons. The van der Waals surface area contributed by atoms with Crippen molar-refractivity contribution in [2.24, 2.45) is 0 Å². The first-order chi connectivity index (χ1) is 14.6. The maximum atomic E-state index is 12.6. The number of amides is 1. The van der Waals surface area contributed by atoms with Gasteiger partial charge in [-0.1, -0.05) is 17.7 Å². The minimum atomic E-state index is -3.85.